The van der Waals surface area contributed by atoms with Crippen molar-refractivity contribution in [3.63, 3.8) is 0 Å². The number of aromatic nitrogens is 3. The lowest BCUT2D eigenvalue weighted by molar-refractivity contribution is 0.0939. The van der Waals surface area contributed by atoms with Gasteiger partial charge in [-0.1, -0.05) is 35.5 Å². The second-order valence-corrected chi connectivity index (χ2v) is 7.53. The quantitative estimate of drug-likeness (QED) is 0.538. The number of carbonyl (C=O) groups is 1. The van der Waals surface area contributed by atoms with Crippen LogP contribution in [0.4, 0.5) is 0 Å². The Kier molecular flexibility index (Phi) is 5.00. The highest BCUT2D eigenvalue weighted by Crippen LogP contribution is 2.32. The molecule has 0 spiro atoms. The van der Waals surface area contributed by atoms with Gasteiger partial charge in [-0.2, -0.15) is 0 Å². The van der Waals surface area contributed by atoms with E-state index in [1.807, 2.05) is 78.3 Å². The van der Waals surface area contributed by atoms with Gasteiger partial charge in [0.05, 0.1) is 18.1 Å². The van der Waals surface area contributed by atoms with Crippen LogP contribution in [0.25, 0.3) is 11.0 Å². The lowest BCUT2D eigenvalue weighted by atomic mass is 10.1. The molecule has 1 amide bonds. The number of nitrogens with zero attached hydrogens (tertiary/aromatic N) is 3. The summed E-state index contributed by atoms with van der Waals surface area (Å²) in [5, 5.41) is 11.4. The molecule has 0 bridgehead atoms. The lowest BCUT2D eigenvalue weighted by Crippen LogP contribution is -2.26. The smallest absolute Gasteiger partial charge is 0.251 e. The van der Waals surface area contributed by atoms with Crippen molar-refractivity contribution in [3.05, 3.63) is 83.4 Å². The first kappa shape index (κ1) is 19.1. The number of hydrogen-bond acceptors (Lipinski definition) is 5. The van der Waals surface area contributed by atoms with E-state index in [-0.39, 0.29) is 11.9 Å². The third kappa shape index (κ3) is 3.94. The monoisotopic (exact) mass is 414 g/mol. The fourth-order valence-electron chi connectivity index (χ4n) is 3.66. The van der Waals surface area contributed by atoms with E-state index in [9.17, 15) is 4.79 Å². The van der Waals surface area contributed by atoms with Crippen molar-refractivity contribution < 1.29 is 14.3 Å². The molecule has 2 heterocycles. The molecule has 0 saturated carbocycles. The topological polar surface area (TPSA) is 78.3 Å². The van der Waals surface area contributed by atoms with Crippen LogP contribution >= 0.6 is 0 Å². The number of ether oxygens (including phenoxy) is 2. The molecule has 5 rings (SSSR count). The Morgan fingerprint density at radius 3 is 2.65 bits per heavy atom. The van der Waals surface area contributed by atoms with Gasteiger partial charge in [-0.05, 0) is 54.4 Å². The maximum absolute atomic E-state index is 12.7. The zero-order valence-corrected chi connectivity index (χ0v) is 17.1. The van der Waals surface area contributed by atoms with E-state index in [1.54, 1.807) is 0 Å². The van der Waals surface area contributed by atoms with Crippen molar-refractivity contribution >= 4 is 16.9 Å². The van der Waals surface area contributed by atoms with Crippen LogP contribution in [0.5, 0.6) is 11.5 Å². The zero-order valence-electron chi connectivity index (χ0n) is 17.1. The second kappa shape index (κ2) is 8.10. The molecule has 3 aromatic carbocycles. The first-order chi connectivity index (χ1) is 15.2. The lowest BCUT2D eigenvalue weighted by Gasteiger charge is -2.21. The zero-order chi connectivity index (χ0) is 21.2. The first-order valence-electron chi connectivity index (χ1n) is 10.2. The van der Waals surface area contributed by atoms with E-state index in [0.29, 0.717) is 25.3 Å². The molecule has 31 heavy (non-hydrogen) atoms. The molecule has 7 nitrogen and oxygen atoms in total. The number of amides is 1. The highest BCUT2D eigenvalue weighted by Gasteiger charge is 2.16. The van der Waals surface area contributed by atoms with Crippen LogP contribution in [-0.2, 0) is 6.54 Å². The van der Waals surface area contributed by atoms with Gasteiger partial charge >= 0.3 is 0 Å². The number of rotatable bonds is 5. The summed E-state index contributed by atoms with van der Waals surface area (Å²) in [7, 11) is 0. The predicted molar refractivity (Wildman–Crippen MR) is 116 cm³/mol. The molecule has 0 aliphatic carbocycles. The van der Waals surface area contributed by atoms with Crippen molar-refractivity contribution in [2.45, 2.75) is 19.5 Å². The minimum atomic E-state index is -0.162. The molecule has 1 aliphatic heterocycles. The normalized spacial score (nSPS) is 13.7. The molecule has 4 aromatic rings. The van der Waals surface area contributed by atoms with Crippen molar-refractivity contribution in [1.82, 2.24) is 20.3 Å². The first-order valence-corrected chi connectivity index (χ1v) is 10.2. The number of benzene rings is 3. The molecule has 1 atom stereocenters. The van der Waals surface area contributed by atoms with Crippen molar-refractivity contribution in [1.29, 1.82) is 0 Å². The minimum absolute atomic E-state index is 0.125. The molecule has 0 fully saturated rings. The molecule has 1 aliphatic rings. The molecular formula is C24H22N4O3. The Balaban J connectivity index is 1.25. The van der Waals surface area contributed by atoms with Gasteiger partial charge in [0.25, 0.3) is 5.91 Å². The van der Waals surface area contributed by atoms with Crippen LogP contribution < -0.4 is 14.8 Å². The van der Waals surface area contributed by atoms with Crippen LogP contribution in [0, 0.1) is 0 Å². The van der Waals surface area contributed by atoms with E-state index >= 15 is 0 Å². The summed E-state index contributed by atoms with van der Waals surface area (Å²) < 4.78 is 13.1. The van der Waals surface area contributed by atoms with Gasteiger partial charge in [-0.25, -0.2) is 4.68 Å². The number of carbonyl (C=O) groups excluding carboxylic acids is 1. The van der Waals surface area contributed by atoms with E-state index in [0.717, 1.165) is 33.7 Å². The van der Waals surface area contributed by atoms with Crippen LogP contribution in [0.1, 0.15) is 34.5 Å². The third-order valence-corrected chi connectivity index (χ3v) is 5.38. The van der Waals surface area contributed by atoms with Crippen LogP contribution in [0.2, 0.25) is 0 Å². The summed E-state index contributed by atoms with van der Waals surface area (Å²) in [4.78, 5) is 12.7. The maximum atomic E-state index is 12.7. The van der Waals surface area contributed by atoms with Gasteiger partial charge in [0.2, 0.25) is 0 Å². The minimum Gasteiger partial charge on any atom is -0.486 e. The average molecular weight is 414 g/mol. The van der Waals surface area contributed by atoms with Gasteiger partial charge in [-0.15, -0.1) is 5.10 Å². The summed E-state index contributed by atoms with van der Waals surface area (Å²) >= 11 is 0. The van der Waals surface area contributed by atoms with Crippen molar-refractivity contribution in [2.75, 3.05) is 13.2 Å². The largest absolute Gasteiger partial charge is 0.486 e. The molecule has 0 saturated heterocycles. The highest BCUT2D eigenvalue weighted by atomic mass is 16.6. The summed E-state index contributed by atoms with van der Waals surface area (Å²) in [5.41, 5.74) is 4.47. The summed E-state index contributed by atoms with van der Waals surface area (Å²) in [6.07, 6.45) is 0. The number of nitrogens with one attached hydrogen (secondary N) is 1. The second-order valence-electron chi connectivity index (χ2n) is 7.53. The predicted octanol–water partition coefficient (Wildman–Crippen LogP) is 3.74. The van der Waals surface area contributed by atoms with Gasteiger partial charge in [-0.3, -0.25) is 4.79 Å². The summed E-state index contributed by atoms with van der Waals surface area (Å²) in [6, 6.07) is 21.0. The summed E-state index contributed by atoms with van der Waals surface area (Å²) in [6.45, 7) is 3.64. The van der Waals surface area contributed by atoms with Crippen LogP contribution in [-0.4, -0.2) is 34.1 Å². The van der Waals surface area contributed by atoms with Crippen LogP contribution in [0.3, 0.4) is 0 Å². The average Bonchev–Trinajstić information content (AvgIpc) is 3.22. The van der Waals surface area contributed by atoms with E-state index < -0.39 is 0 Å². The molecule has 0 unspecified atom stereocenters. The van der Waals surface area contributed by atoms with E-state index in [2.05, 4.69) is 15.6 Å². The Labute approximate surface area is 179 Å². The van der Waals surface area contributed by atoms with Gasteiger partial charge in [0, 0.05) is 5.56 Å². The van der Waals surface area contributed by atoms with Gasteiger partial charge in [0.15, 0.2) is 11.5 Å². The number of para-hydroxylation sites is 1. The van der Waals surface area contributed by atoms with Gasteiger partial charge in [0.1, 0.15) is 18.7 Å². The Hall–Kier alpha value is -3.87. The van der Waals surface area contributed by atoms with Crippen LogP contribution in [0.15, 0.2) is 66.7 Å². The number of fused-ring (bicyclic) bond motifs is 2. The molecule has 7 heteroatoms. The third-order valence-electron chi connectivity index (χ3n) is 5.38. The molecule has 1 aromatic heterocycles. The molecule has 1 N–H and O–H groups in total. The fourth-order valence-corrected chi connectivity index (χ4v) is 3.66. The highest BCUT2D eigenvalue weighted by molar-refractivity contribution is 5.94. The van der Waals surface area contributed by atoms with E-state index in [1.165, 1.54) is 0 Å². The number of hydrogen-bond donors (Lipinski definition) is 1. The maximum Gasteiger partial charge on any atom is 0.251 e. The Bertz CT molecular complexity index is 1230. The molecule has 156 valence electrons. The van der Waals surface area contributed by atoms with Gasteiger partial charge < -0.3 is 14.8 Å². The molecular weight excluding hydrogens is 392 g/mol. The standard InChI is InChI=1S/C24H22N4O3/c1-16(19-10-11-22-23(14-19)31-13-12-30-22)25-24(29)18-8-6-17(7-9-18)15-28-21-5-3-2-4-20(21)26-27-28/h2-11,14,16H,12-13,15H2,1H3,(H,25,29)/t16-/m1/s1. The molecule has 0 radical (unpaired) electrons. The SMILES string of the molecule is C[C@@H](NC(=O)c1ccc(Cn2nnc3ccccc32)cc1)c1ccc2c(c1)OCCO2. The van der Waals surface area contributed by atoms with Crippen molar-refractivity contribution in [3.8, 4) is 11.5 Å². The van der Waals surface area contributed by atoms with Crippen molar-refractivity contribution in [2.24, 2.45) is 0 Å². The Morgan fingerprint density at radius 1 is 1.03 bits per heavy atom. The Morgan fingerprint density at radius 2 is 1.81 bits per heavy atom. The summed E-state index contributed by atoms with van der Waals surface area (Å²) in [5.74, 6) is 1.33. The fraction of sp³-hybridized carbons (Fsp3) is 0.208. The van der Waals surface area contributed by atoms with E-state index in [4.69, 9.17) is 9.47 Å².